The van der Waals surface area contributed by atoms with E-state index in [4.69, 9.17) is 32.7 Å². The normalized spacial score (nSPS) is 10.2. The van der Waals surface area contributed by atoms with Gasteiger partial charge in [0.05, 0.1) is 40.9 Å². The maximum Gasteiger partial charge on any atom is 0.286 e. The largest absolute Gasteiger partial charge is 0.493 e. The molecule has 2 aromatic carbocycles. The first kappa shape index (κ1) is 17.8. The third kappa shape index (κ3) is 3.52. The number of ether oxygens (including phenoxy) is 2. The number of nitrogens with one attached hydrogen (secondary N) is 1. The van der Waals surface area contributed by atoms with Gasteiger partial charge in [-0.25, -0.2) is 0 Å². The van der Waals surface area contributed by atoms with Crippen LogP contribution in [0.15, 0.2) is 30.3 Å². The molecule has 0 aliphatic carbocycles. The number of nitro benzene ring substituents is 1. The number of methoxy groups -OCH3 is 2. The van der Waals surface area contributed by atoms with E-state index in [1.54, 1.807) is 12.1 Å². The third-order valence-corrected chi connectivity index (χ3v) is 3.96. The molecule has 2 aromatic rings. The maximum atomic E-state index is 12.5. The molecule has 7 nitrogen and oxygen atoms in total. The average Bonchev–Trinajstić information content (AvgIpc) is 2.57. The average molecular weight is 371 g/mol. The first-order chi connectivity index (χ1) is 11.4. The molecule has 0 aliphatic heterocycles. The maximum absolute atomic E-state index is 12.5. The lowest BCUT2D eigenvalue weighted by molar-refractivity contribution is -0.385. The molecule has 2 rings (SSSR count). The van der Waals surface area contributed by atoms with Gasteiger partial charge >= 0.3 is 0 Å². The van der Waals surface area contributed by atoms with Gasteiger partial charge in [-0.05, 0) is 12.1 Å². The zero-order chi connectivity index (χ0) is 17.9. The predicted octanol–water partition coefficient (Wildman–Crippen LogP) is 4.17. The summed E-state index contributed by atoms with van der Waals surface area (Å²) in [6.07, 6.45) is 0. The first-order valence-electron chi connectivity index (χ1n) is 6.54. The Morgan fingerprint density at radius 2 is 1.79 bits per heavy atom. The number of carbonyl (C=O) groups excluding carboxylic acids is 1. The van der Waals surface area contributed by atoms with Crippen LogP contribution in [-0.2, 0) is 0 Å². The highest BCUT2D eigenvalue weighted by Gasteiger charge is 2.25. The quantitative estimate of drug-likeness (QED) is 0.629. The fraction of sp³-hybridized carbons (Fsp3) is 0.133. The second-order valence-electron chi connectivity index (χ2n) is 4.54. The highest BCUT2D eigenvalue weighted by molar-refractivity contribution is 6.44. The second-order valence-corrected chi connectivity index (χ2v) is 5.32. The molecular formula is C15H12Cl2N2O5. The van der Waals surface area contributed by atoms with Crippen LogP contribution < -0.4 is 14.8 Å². The number of amides is 1. The van der Waals surface area contributed by atoms with E-state index >= 15 is 0 Å². The molecular weight excluding hydrogens is 359 g/mol. The van der Waals surface area contributed by atoms with E-state index in [2.05, 4.69) is 5.32 Å². The minimum absolute atomic E-state index is 0.135. The summed E-state index contributed by atoms with van der Waals surface area (Å²) in [5, 5.41) is 14.1. The van der Waals surface area contributed by atoms with Crippen molar-refractivity contribution >= 4 is 40.5 Å². The molecule has 1 amide bonds. The number of hydrogen-bond acceptors (Lipinski definition) is 5. The van der Waals surface area contributed by atoms with E-state index in [0.717, 1.165) is 6.07 Å². The van der Waals surface area contributed by atoms with Crippen molar-refractivity contribution in [2.45, 2.75) is 0 Å². The van der Waals surface area contributed by atoms with Crippen LogP contribution >= 0.6 is 23.2 Å². The summed E-state index contributed by atoms with van der Waals surface area (Å²) in [6.45, 7) is 0. The number of halogens is 2. The molecule has 0 fully saturated rings. The Morgan fingerprint density at radius 1 is 1.17 bits per heavy atom. The molecule has 0 unspecified atom stereocenters. The fourth-order valence-electron chi connectivity index (χ4n) is 1.99. The van der Waals surface area contributed by atoms with Gasteiger partial charge in [0.1, 0.15) is 5.56 Å². The monoisotopic (exact) mass is 370 g/mol. The van der Waals surface area contributed by atoms with Crippen molar-refractivity contribution < 1.29 is 19.2 Å². The number of nitrogens with zero attached hydrogens (tertiary/aromatic N) is 1. The summed E-state index contributed by atoms with van der Waals surface area (Å²) in [6, 6.07) is 7.02. The van der Waals surface area contributed by atoms with Gasteiger partial charge in [-0.1, -0.05) is 29.3 Å². The molecule has 9 heteroatoms. The Bertz CT molecular complexity index is 811. The molecule has 126 valence electrons. The molecule has 0 heterocycles. The van der Waals surface area contributed by atoms with Gasteiger partial charge in [0.2, 0.25) is 0 Å². The SMILES string of the molecule is COc1cc(C(=O)Nc2cccc(Cl)c2Cl)c([N+](=O)[O-])cc1OC. The minimum Gasteiger partial charge on any atom is -0.493 e. The Balaban J connectivity index is 2.48. The van der Waals surface area contributed by atoms with Crippen molar-refractivity contribution in [2.24, 2.45) is 0 Å². The van der Waals surface area contributed by atoms with E-state index in [9.17, 15) is 14.9 Å². The van der Waals surface area contributed by atoms with E-state index in [1.165, 1.54) is 26.4 Å². The van der Waals surface area contributed by atoms with E-state index in [1.807, 2.05) is 0 Å². The number of benzene rings is 2. The molecule has 0 bridgehead atoms. The molecule has 0 atom stereocenters. The summed E-state index contributed by atoms with van der Waals surface area (Å²) in [4.78, 5) is 23.0. The summed E-state index contributed by atoms with van der Waals surface area (Å²) in [5.74, 6) is -0.404. The second kappa shape index (κ2) is 7.37. The zero-order valence-electron chi connectivity index (χ0n) is 12.6. The number of rotatable bonds is 5. The van der Waals surface area contributed by atoms with Crippen molar-refractivity contribution in [3.8, 4) is 11.5 Å². The number of anilines is 1. The van der Waals surface area contributed by atoms with Gasteiger partial charge in [-0.3, -0.25) is 14.9 Å². The lowest BCUT2D eigenvalue weighted by atomic mass is 10.1. The summed E-state index contributed by atoms with van der Waals surface area (Å²) in [5.41, 5.74) is -0.393. The van der Waals surface area contributed by atoms with Crippen molar-refractivity contribution in [2.75, 3.05) is 19.5 Å². The molecule has 0 aliphatic rings. The summed E-state index contributed by atoms with van der Waals surface area (Å²) >= 11 is 11.9. The highest BCUT2D eigenvalue weighted by Crippen LogP contribution is 2.35. The lowest BCUT2D eigenvalue weighted by Gasteiger charge is -2.12. The number of nitro groups is 1. The molecule has 24 heavy (non-hydrogen) atoms. The van der Waals surface area contributed by atoms with E-state index < -0.39 is 16.5 Å². The third-order valence-electron chi connectivity index (χ3n) is 3.14. The molecule has 0 spiro atoms. The van der Waals surface area contributed by atoms with Crippen LogP contribution in [0.2, 0.25) is 10.0 Å². The smallest absolute Gasteiger partial charge is 0.286 e. The Hall–Kier alpha value is -2.51. The topological polar surface area (TPSA) is 90.7 Å². The number of hydrogen-bond donors (Lipinski definition) is 1. The van der Waals surface area contributed by atoms with Gasteiger partial charge in [0.15, 0.2) is 11.5 Å². The highest BCUT2D eigenvalue weighted by atomic mass is 35.5. The molecule has 0 aromatic heterocycles. The van der Waals surface area contributed by atoms with Crippen molar-refractivity contribution in [3.05, 3.63) is 56.1 Å². The van der Waals surface area contributed by atoms with Crippen LogP contribution in [0.5, 0.6) is 11.5 Å². The van der Waals surface area contributed by atoms with E-state index in [0.29, 0.717) is 0 Å². The zero-order valence-corrected chi connectivity index (χ0v) is 14.1. The van der Waals surface area contributed by atoms with Crippen molar-refractivity contribution in [3.63, 3.8) is 0 Å². The van der Waals surface area contributed by atoms with Crippen LogP contribution in [-0.4, -0.2) is 25.1 Å². The van der Waals surface area contributed by atoms with Crippen LogP contribution in [0.3, 0.4) is 0 Å². The first-order valence-corrected chi connectivity index (χ1v) is 7.30. The predicted molar refractivity (Wildman–Crippen MR) is 90.6 cm³/mol. The summed E-state index contributed by atoms with van der Waals surface area (Å²) in [7, 11) is 2.70. The van der Waals surface area contributed by atoms with Gasteiger partial charge in [-0.2, -0.15) is 0 Å². The Labute approximate surface area is 147 Å². The minimum atomic E-state index is -0.730. The van der Waals surface area contributed by atoms with Gasteiger partial charge in [-0.15, -0.1) is 0 Å². The fourth-order valence-corrected chi connectivity index (χ4v) is 2.34. The van der Waals surface area contributed by atoms with Crippen LogP contribution in [0.1, 0.15) is 10.4 Å². The molecule has 1 N–H and O–H groups in total. The summed E-state index contributed by atoms with van der Waals surface area (Å²) < 4.78 is 10.1. The Kier molecular flexibility index (Phi) is 5.48. The van der Waals surface area contributed by atoms with Crippen molar-refractivity contribution in [1.82, 2.24) is 0 Å². The van der Waals surface area contributed by atoms with Gasteiger partial charge in [0.25, 0.3) is 11.6 Å². The molecule has 0 radical (unpaired) electrons. The lowest BCUT2D eigenvalue weighted by Crippen LogP contribution is -2.15. The standard InChI is InChI=1S/C15H12Cl2N2O5/c1-23-12-6-8(11(19(21)22)7-13(12)24-2)15(20)18-10-5-3-4-9(16)14(10)17/h3-7H,1-2H3,(H,18,20). The van der Waals surface area contributed by atoms with Gasteiger partial charge < -0.3 is 14.8 Å². The van der Waals surface area contributed by atoms with Gasteiger partial charge in [0, 0.05) is 6.07 Å². The van der Waals surface area contributed by atoms with Crippen molar-refractivity contribution in [1.29, 1.82) is 0 Å². The molecule has 0 saturated heterocycles. The van der Waals surface area contributed by atoms with Crippen LogP contribution in [0.25, 0.3) is 0 Å². The van der Waals surface area contributed by atoms with E-state index in [-0.39, 0.29) is 32.8 Å². The Morgan fingerprint density at radius 3 is 2.38 bits per heavy atom. The van der Waals surface area contributed by atoms with Crippen LogP contribution in [0, 0.1) is 10.1 Å². The number of carbonyl (C=O) groups is 1. The molecule has 0 saturated carbocycles. The van der Waals surface area contributed by atoms with Crippen LogP contribution in [0.4, 0.5) is 11.4 Å².